The molecule has 0 bridgehead atoms. The highest BCUT2D eigenvalue weighted by Gasteiger charge is 2.37. The van der Waals surface area contributed by atoms with Crippen LogP contribution in [0.2, 0.25) is 0 Å². The lowest BCUT2D eigenvalue weighted by Crippen LogP contribution is -2.03. The van der Waals surface area contributed by atoms with Crippen molar-refractivity contribution in [3.63, 3.8) is 0 Å². The Kier molecular flexibility index (Phi) is 5.45. The van der Waals surface area contributed by atoms with Gasteiger partial charge in [0.15, 0.2) is 0 Å². The van der Waals surface area contributed by atoms with Gasteiger partial charge in [0.2, 0.25) is 5.82 Å². The van der Waals surface area contributed by atoms with E-state index in [9.17, 15) is 18.0 Å². The minimum Gasteiger partial charge on any atom is -0.481 e. The summed E-state index contributed by atoms with van der Waals surface area (Å²) in [4.78, 5) is 14.8. The van der Waals surface area contributed by atoms with Gasteiger partial charge in [0.25, 0.3) is 5.89 Å². The molecule has 5 aromatic rings. The van der Waals surface area contributed by atoms with Gasteiger partial charge in [0.05, 0.1) is 11.3 Å². The summed E-state index contributed by atoms with van der Waals surface area (Å²) in [5, 5.41) is 13.7. The van der Waals surface area contributed by atoms with Crippen LogP contribution < -0.4 is 0 Å². The molecule has 0 saturated carbocycles. The summed E-state index contributed by atoms with van der Waals surface area (Å²) in [5.74, 6) is -0.667. The number of carbonyl (C=O) groups is 1. The molecule has 3 aromatic heterocycles. The van der Waals surface area contributed by atoms with E-state index in [1.807, 2.05) is 16.7 Å². The van der Waals surface area contributed by atoms with E-state index in [-0.39, 0.29) is 28.6 Å². The molecule has 0 unspecified atom stereocenters. The molecule has 0 aliphatic carbocycles. The highest BCUT2D eigenvalue weighted by Crippen LogP contribution is 2.45. The minimum absolute atomic E-state index is 0.00464. The molecule has 1 N–H and O–H groups in total. The summed E-state index contributed by atoms with van der Waals surface area (Å²) >= 11 is 0.559. The number of nitrogens with zero attached hydrogens (tertiary/aromatic N) is 3. The molecule has 2 aromatic carbocycles. The number of fused-ring (bicyclic) bond motifs is 1. The van der Waals surface area contributed by atoms with E-state index in [0.29, 0.717) is 29.0 Å². The van der Waals surface area contributed by atoms with Crippen molar-refractivity contribution in [1.82, 2.24) is 14.7 Å². The summed E-state index contributed by atoms with van der Waals surface area (Å²) in [6.45, 7) is 0.303. The molecule has 34 heavy (non-hydrogen) atoms. The first kappa shape index (κ1) is 21.9. The van der Waals surface area contributed by atoms with Crippen molar-refractivity contribution >= 4 is 28.2 Å². The molecular weight excluding hydrogens is 467 g/mol. The minimum atomic E-state index is -4.53. The number of rotatable bonds is 6. The van der Waals surface area contributed by atoms with Gasteiger partial charge in [-0.25, -0.2) is 0 Å². The first-order valence-corrected chi connectivity index (χ1v) is 11.0. The lowest BCUT2D eigenvalue weighted by Gasteiger charge is -2.07. The van der Waals surface area contributed by atoms with Crippen molar-refractivity contribution in [1.29, 1.82) is 0 Å². The number of carboxylic acids is 1. The normalized spacial score (nSPS) is 11.9. The lowest BCUT2D eigenvalue weighted by molar-refractivity contribution is -0.137. The van der Waals surface area contributed by atoms with Crippen molar-refractivity contribution < 1.29 is 27.6 Å². The summed E-state index contributed by atoms with van der Waals surface area (Å²) in [6.07, 6.45) is -2.77. The van der Waals surface area contributed by atoms with Gasteiger partial charge >= 0.3 is 12.1 Å². The Hall–Kier alpha value is -3.92. The molecule has 5 rings (SSSR count). The van der Waals surface area contributed by atoms with Gasteiger partial charge in [0.1, 0.15) is 4.88 Å². The van der Waals surface area contributed by atoms with Crippen LogP contribution in [0.3, 0.4) is 0 Å². The molecule has 0 aliphatic rings. The summed E-state index contributed by atoms with van der Waals surface area (Å²) < 4.78 is 48.4. The number of aliphatic carboxylic acids is 1. The van der Waals surface area contributed by atoms with Gasteiger partial charge in [0, 0.05) is 34.8 Å². The Bertz CT molecular complexity index is 1490. The van der Waals surface area contributed by atoms with E-state index < -0.39 is 17.0 Å². The van der Waals surface area contributed by atoms with Crippen LogP contribution in [0, 0.1) is 0 Å². The van der Waals surface area contributed by atoms with Crippen LogP contribution in [-0.4, -0.2) is 25.8 Å². The highest BCUT2D eigenvalue weighted by atomic mass is 32.1. The largest absolute Gasteiger partial charge is 0.481 e. The molecule has 0 spiro atoms. The molecule has 3 heterocycles. The van der Waals surface area contributed by atoms with Crippen molar-refractivity contribution in [3.05, 3.63) is 71.7 Å². The number of carboxylic acid groups (broad SMARTS) is 1. The molecule has 10 heteroatoms. The number of thiophene rings is 1. The first-order valence-electron chi connectivity index (χ1n) is 10.2. The molecule has 0 aliphatic heterocycles. The summed E-state index contributed by atoms with van der Waals surface area (Å²) in [6, 6.07) is 17.0. The fraction of sp³-hybridized carbons (Fsp3) is 0.125. The van der Waals surface area contributed by atoms with Crippen molar-refractivity contribution in [2.45, 2.75) is 19.1 Å². The fourth-order valence-electron chi connectivity index (χ4n) is 3.80. The zero-order valence-corrected chi connectivity index (χ0v) is 18.2. The zero-order chi connectivity index (χ0) is 23.9. The van der Waals surface area contributed by atoms with Crippen molar-refractivity contribution in [2.75, 3.05) is 0 Å². The predicted molar refractivity (Wildman–Crippen MR) is 121 cm³/mol. The second-order valence-corrected chi connectivity index (χ2v) is 8.58. The Morgan fingerprint density at radius 1 is 1.06 bits per heavy atom. The molecule has 6 nitrogen and oxygen atoms in total. The smallest absolute Gasteiger partial charge is 0.426 e. The number of aromatic nitrogens is 3. The molecule has 172 valence electrons. The van der Waals surface area contributed by atoms with Gasteiger partial charge in [-0.3, -0.25) is 4.79 Å². The molecule has 0 fully saturated rings. The highest BCUT2D eigenvalue weighted by molar-refractivity contribution is 7.16. The number of halogens is 3. The first-order chi connectivity index (χ1) is 16.3. The average molecular weight is 483 g/mol. The van der Waals surface area contributed by atoms with Gasteiger partial charge < -0.3 is 14.2 Å². The predicted octanol–water partition coefficient (Wildman–Crippen LogP) is 6.58. The number of hydrogen-bond donors (Lipinski definition) is 1. The zero-order valence-electron chi connectivity index (χ0n) is 17.4. The maximum absolute atomic E-state index is 13.7. The van der Waals surface area contributed by atoms with E-state index >= 15 is 0 Å². The van der Waals surface area contributed by atoms with E-state index in [4.69, 9.17) is 9.63 Å². The quantitative estimate of drug-likeness (QED) is 0.295. The number of benzene rings is 2. The van der Waals surface area contributed by atoms with Crippen LogP contribution in [0.4, 0.5) is 13.2 Å². The van der Waals surface area contributed by atoms with Crippen LogP contribution in [0.1, 0.15) is 11.3 Å². The topological polar surface area (TPSA) is 81.1 Å². The van der Waals surface area contributed by atoms with Gasteiger partial charge in [-0.1, -0.05) is 47.6 Å². The standard InChI is InChI=1S/C24H16F3N3O3S/c25-24(26,27)21-17(14-5-2-1-3-6-14)13-19(34-21)23-28-22(29-33-23)16-7-4-8-18-15(16)9-11-30(18)12-10-20(31)32/h1-9,11,13H,10,12H2,(H,31,32). The Morgan fingerprint density at radius 3 is 2.59 bits per heavy atom. The lowest BCUT2D eigenvalue weighted by atomic mass is 10.1. The van der Waals surface area contributed by atoms with Crippen LogP contribution in [0.5, 0.6) is 0 Å². The Balaban J connectivity index is 1.53. The monoisotopic (exact) mass is 483 g/mol. The molecule has 0 radical (unpaired) electrons. The van der Waals surface area contributed by atoms with Gasteiger partial charge in [-0.2, -0.15) is 18.2 Å². The summed E-state index contributed by atoms with van der Waals surface area (Å²) in [5.41, 5.74) is 1.94. The maximum atomic E-state index is 13.7. The van der Waals surface area contributed by atoms with Crippen LogP contribution in [0.25, 0.3) is 44.2 Å². The Morgan fingerprint density at radius 2 is 1.85 bits per heavy atom. The molecular formula is C24H16F3N3O3S. The number of hydrogen-bond acceptors (Lipinski definition) is 5. The summed E-state index contributed by atoms with van der Waals surface area (Å²) in [7, 11) is 0. The van der Waals surface area contributed by atoms with Crippen LogP contribution in [0.15, 0.2) is 71.4 Å². The van der Waals surface area contributed by atoms with Crippen LogP contribution >= 0.6 is 11.3 Å². The third kappa shape index (κ3) is 4.08. The second-order valence-electron chi connectivity index (χ2n) is 7.53. The molecule has 0 saturated heterocycles. The SMILES string of the molecule is O=C(O)CCn1ccc2c(-c3noc(-c4cc(-c5ccccc5)c(C(F)(F)F)s4)n3)cccc21. The van der Waals surface area contributed by atoms with Gasteiger partial charge in [-0.05, 0) is 23.8 Å². The van der Waals surface area contributed by atoms with E-state index in [1.54, 1.807) is 48.7 Å². The molecule has 0 atom stereocenters. The number of aryl methyl sites for hydroxylation is 1. The maximum Gasteiger partial charge on any atom is 0.426 e. The average Bonchev–Trinajstić information content (AvgIpc) is 3.55. The van der Waals surface area contributed by atoms with Gasteiger partial charge in [-0.15, -0.1) is 11.3 Å². The van der Waals surface area contributed by atoms with E-state index in [2.05, 4.69) is 10.1 Å². The van der Waals surface area contributed by atoms with E-state index in [0.717, 1.165) is 10.9 Å². The van der Waals surface area contributed by atoms with Crippen molar-refractivity contribution in [2.24, 2.45) is 0 Å². The molecule has 0 amide bonds. The van der Waals surface area contributed by atoms with E-state index in [1.165, 1.54) is 6.07 Å². The third-order valence-electron chi connectivity index (χ3n) is 5.33. The fourth-order valence-corrected chi connectivity index (χ4v) is 4.77. The van der Waals surface area contributed by atoms with Crippen molar-refractivity contribution in [3.8, 4) is 33.3 Å². The second kappa shape index (κ2) is 8.45. The third-order valence-corrected chi connectivity index (χ3v) is 6.50. The van der Waals surface area contributed by atoms with Crippen LogP contribution in [-0.2, 0) is 17.5 Å². The Labute approximate surface area is 194 Å². The number of alkyl halides is 3.